The Morgan fingerprint density at radius 2 is 1.84 bits per heavy atom. The fourth-order valence-electron chi connectivity index (χ4n) is 2.93. The molecule has 1 aliphatic heterocycles. The molecule has 1 saturated heterocycles. The van der Waals surface area contributed by atoms with Gasteiger partial charge in [0.25, 0.3) is 5.91 Å². The molecular formula is C19H24N4O2. The van der Waals surface area contributed by atoms with Gasteiger partial charge in [-0.2, -0.15) is 4.98 Å². The molecule has 6 nitrogen and oxygen atoms in total. The van der Waals surface area contributed by atoms with Crippen molar-refractivity contribution in [2.24, 2.45) is 0 Å². The number of nitrogens with zero attached hydrogens (tertiary/aromatic N) is 4. The number of hydrogen-bond acceptors (Lipinski definition) is 5. The van der Waals surface area contributed by atoms with Gasteiger partial charge in [-0.25, -0.2) is 4.98 Å². The highest BCUT2D eigenvalue weighted by Crippen LogP contribution is 2.20. The summed E-state index contributed by atoms with van der Waals surface area (Å²) in [5.74, 6) is 1.39. The number of ether oxygens (including phenoxy) is 1. The van der Waals surface area contributed by atoms with E-state index in [9.17, 15) is 4.79 Å². The molecule has 0 saturated carbocycles. The molecule has 1 aromatic heterocycles. The molecule has 0 bridgehead atoms. The number of piperidine rings is 1. The molecule has 2 heterocycles. The van der Waals surface area contributed by atoms with Gasteiger partial charge in [-0.15, -0.1) is 0 Å². The summed E-state index contributed by atoms with van der Waals surface area (Å²) in [7, 11) is 3.97. The van der Waals surface area contributed by atoms with Gasteiger partial charge in [0, 0.05) is 63.5 Å². The van der Waals surface area contributed by atoms with Gasteiger partial charge < -0.3 is 14.5 Å². The molecule has 0 atom stereocenters. The van der Waals surface area contributed by atoms with Crippen molar-refractivity contribution in [1.82, 2.24) is 14.9 Å². The molecule has 1 aromatic carbocycles. The van der Waals surface area contributed by atoms with Gasteiger partial charge >= 0.3 is 0 Å². The van der Waals surface area contributed by atoms with E-state index in [-0.39, 0.29) is 12.0 Å². The summed E-state index contributed by atoms with van der Waals surface area (Å²) < 4.78 is 5.92. The van der Waals surface area contributed by atoms with E-state index in [1.165, 1.54) is 0 Å². The Morgan fingerprint density at radius 3 is 2.44 bits per heavy atom. The van der Waals surface area contributed by atoms with E-state index in [1.807, 2.05) is 55.1 Å². The molecule has 1 amide bonds. The van der Waals surface area contributed by atoms with Gasteiger partial charge in [0.15, 0.2) is 0 Å². The third-order valence-electron chi connectivity index (χ3n) is 4.40. The van der Waals surface area contributed by atoms with E-state index < -0.39 is 0 Å². The van der Waals surface area contributed by atoms with Gasteiger partial charge in [0.05, 0.1) is 0 Å². The summed E-state index contributed by atoms with van der Waals surface area (Å²) in [6, 6.07) is 9.51. The monoisotopic (exact) mass is 340 g/mol. The predicted octanol–water partition coefficient (Wildman–Crippen LogP) is 2.53. The van der Waals surface area contributed by atoms with Crippen LogP contribution in [0.5, 0.6) is 5.88 Å². The third kappa shape index (κ3) is 4.26. The van der Waals surface area contributed by atoms with Crippen LogP contribution in [-0.2, 0) is 0 Å². The van der Waals surface area contributed by atoms with Crippen molar-refractivity contribution >= 4 is 11.6 Å². The average Bonchev–Trinajstić information content (AvgIpc) is 2.62. The number of rotatable bonds is 4. The van der Waals surface area contributed by atoms with E-state index >= 15 is 0 Å². The van der Waals surface area contributed by atoms with Crippen LogP contribution in [0.1, 0.15) is 29.0 Å². The van der Waals surface area contributed by atoms with Gasteiger partial charge in [-0.1, -0.05) is 0 Å². The second-order valence-corrected chi connectivity index (χ2v) is 6.49. The van der Waals surface area contributed by atoms with E-state index in [0.717, 1.165) is 24.1 Å². The Bertz CT molecular complexity index is 722. The Kier molecular flexibility index (Phi) is 5.16. The first-order valence-corrected chi connectivity index (χ1v) is 8.56. The fourth-order valence-corrected chi connectivity index (χ4v) is 2.93. The molecule has 0 N–H and O–H groups in total. The quantitative estimate of drug-likeness (QED) is 0.856. The first-order valence-electron chi connectivity index (χ1n) is 8.56. The molecular weight excluding hydrogens is 316 g/mol. The molecule has 6 heteroatoms. The van der Waals surface area contributed by atoms with Crippen LogP contribution >= 0.6 is 0 Å². The van der Waals surface area contributed by atoms with E-state index in [2.05, 4.69) is 9.97 Å². The molecule has 132 valence electrons. The maximum absolute atomic E-state index is 12.6. The van der Waals surface area contributed by atoms with Crippen molar-refractivity contribution < 1.29 is 9.53 Å². The van der Waals surface area contributed by atoms with Crippen LogP contribution < -0.4 is 9.64 Å². The van der Waals surface area contributed by atoms with E-state index in [4.69, 9.17) is 4.74 Å². The predicted molar refractivity (Wildman–Crippen MR) is 97.1 cm³/mol. The van der Waals surface area contributed by atoms with Crippen LogP contribution in [0.3, 0.4) is 0 Å². The minimum Gasteiger partial charge on any atom is -0.474 e. The largest absolute Gasteiger partial charge is 0.474 e. The van der Waals surface area contributed by atoms with Gasteiger partial charge in [-0.3, -0.25) is 4.79 Å². The molecule has 1 aliphatic rings. The van der Waals surface area contributed by atoms with Gasteiger partial charge in [-0.05, 0) is 31.2 Å². The highest BCUT2D eigenvalue weighted by atomic mass is 16.5. The van der Waals surface area contributed by atoms with Crippen LogP contribution in [0.25, 0.3) is 0 Å². The second kappa shape index (κ2) is 7.51. The number of likely N-dealkylation sites (tertiary alicyclic amines) is 1. The lowest BCUT2D eigenvalue weighted by atomic mass is 10.1. The summed E-state index contributed by atoms with van der Waals surface area (Å²) in [5.41, 5.74) is 1.82. The van der Waals surface area contributed by atoms with Crippen molar-refractivity contribution in [2.45, 2.75) is 25.9 Å². The SMILES string of the molecule is Cc1nccc(OC2CCN(C(=O)c3ccc(N(C)C)cc3)CC2)n1. The zero-order valence-corrected chi connectivity index (χ0v) is 15.0. The van der Waals surface area contributed by atoms with Gasteiger partial charge in [0.2, 0.25) is 5.88 Å². The topological polar surface area (TPSA) is 58.6 Å². The van der Waals surface area contributed by atoms with Crippen molar-refractivity contribution in [3.63, 3.8) is 0 Å². The first-order chi connectivity index (χ1) is 12.0. The van der Waals surface area contributed by atoms with Crippen molar-refractivity contribution in [3.05, 3.63) is 47.9 Å². The molecule has 0 spiro atoms. The highest BCUT2D eigenvalue weighted by Gasteiger charge is 2.25. The van der Waals surface area contributed by atoms with Crippen molar-refractivity contribution in [2.75, 3.05) is 32.1 Å². The third-order valence-corrected chi connectivity index (χ3v) is 4.40. The Hall–Kier alpha value is -2.63. The van der Waals surface area contributed by atoms with Crippen molar-refractivity contribution in [3.8, 4) is 5.88 Å². The summed E-state index contributed by atoms with van der Waals surface area (Å²) in [6.07, 6.45) is 3.41. The molecule has 0 aliphatic carbocycles. The van der Waals surface area contributed by atoms with Crippen LogP contribution in [0.15, 0.2) is 36.5 Å². The number of hydrogen-bond donors (Lipinski definition) is 0. The van der Waals surface area contributed by atoms with Crippen LogP contribution in [0.4, 0.5) is 5.69 Å². The Labute approximate surface area is 148 Å². The number of benzene rings is 1. The van der Waals surface area contributed by atoms with Crippen LogP contribution in [0, 0.1) is 6.92 Å². The maximum atomic E-state index is 12.6. The summed E-state index contributed by atoms with van der Waals surface area (Å²) >= 11 is 0. The Balaban J connectivity index is 1.55. The number of carbonyl (C=O) groups is 1. The number of amides is 1. The Morgan fingerprint density at radius 1 is 1.16 bits per heavy atom. The highest BCUT2D eigenvalue weighted by molar-refractivity contribution is 5.94. The molecule has 0 radical (unpaired) electrons. The zero-order chi connectivity index (χ0) is 17.8. The average molecular weight is 340 g/mol. The number of aryl methyl sites for hydroxylation is 1. The summed E-state index contributed by atoms with van der Waals surface area (Å²) in [4.78, 5) is 24.9. The normalized spacial score (nSPS) is 15.1. The lowest BCUT2D eigenvalue weighted by molar-refractivity contribution is 0.0587. The second-order valence-electron chi connectivity index (χ2n) is 6.49. The number of carbonyl (C=O) groups excluding carboxylic acids is 1. The molecule has 0 unspecified atom stereocenters. The standard InChI is InChI=1S/C19H24N4O2/c1-14-20-11-8-18(21-14)25-17-9-12-23(13-10-17)19(24)15-4-6-16(7-5-15)22(2)3/h4-8,11,17H,9-10,12-13H2,1-3H3. The minimum absolute atomic E-state index is 0.0848. The van der Waals surface area contributed by atoms with Crippen LogP contribution in [-0.4, -0.2) is 54.1 Å². The van der Waals surface area contributed by atoms with Crippen molar-refractivity contribution in [1.29, 1.82) is 0 Å². The van der Waals surface area contributed by atoms with E-state index in [1.54, 1.807) is 12.3 Å². The molecule has 1 fully saturated rings. The smallest absolute Gasteiger partial charge is 0.253 e. The van der Waals surface area contributed by atoms with Crippen LogP contribution in [0.2, 0.25) is 0 Å². The lowest BCUT2D eigenvalue weighted by Crippen LogP contribution is -2.41. The zero-order valence-electron chi connectivity index (χ0n) is 15.0. The van der Waals surface area contributed by atoms with Gasteiger partial charge in [0.1, 0.15) is 11.9 Å². The number of aromatic nitrogens is 2. The van der Waals surface area contributed by atoms with E-state index in [0.29, 0.717) is 24.8 Å². The fraction of sp³-hybridized carbons (Fsp3) is 0.421. The lowest BCUT2D eigenvalue weighted by Gasteiger charge is -2.32. The first kappa shape index (κ1) is 17.2. The summed E-state index contributed by atoms with van der Waals surface area (Å²) in [5, 5.41) is 0. The molecule has 25 heavy (non-hydrogen) atoms. The number of anilines is 1. The minimum atomic E-state index is 0.0848. The summed E-state index contributed by atoms with van der Waals surface area (Å²) in [6.45, 7) is 3.24. The maximum Gasteiger partial charge on any atom is 0.253 e. The molecule has 3 rings (SSSR count). The molecule has 2 aromatic rings.